The van der Waals surface area contributed by atoms with Crippen molar-refractivity contribution in [1.82, 2.24) is 0 Å². The van der Waals surface area contributed by atoms with Gasteiger partial charge in [-0.1, -0.05) is 11.6 Å². The standard InChI is InChI=1S/C10H10ClFN2O2/c11-7-4-5(12)3-6(9(7)14)10(16)8(15)1-2-13/h3-4,8,10,15-16H,1,14H2. The van der Waals surface area contributed by atoms with E-state index in [1.165, 1.54) is 0 Å². The van der Waals surface area contributed by atoms with Gasteiger partial charge in [-0.2, -0.15) is 5.26 Å². The first-order chi connectivity index (χ1) is 7.47. The topological polar surface area (TPSA) is 90.3 Å². The van der Waals surface area contributed by atoms with Gasteiger partial charge in [0.05, 0.1) is 29.3 Å². The van der Waals surface area contributed by atoms with E-state index >= 15 is 0 Å². The molecule has 0 heterocycles. The molecule has 1 aromatic carbocycles. The summed E-state index contributed by atoms with van der Waals surface area (Å²) in [7, 11) is 0. The Morgan fingerprint density at radius 3 is 2.69 bits per heavy atom. The SMILES string of the molecule is N#CCC(O)C(O)c1cc(F)cc(Cl)c1N. The van der Waals surface area contributed by atoms with Crippen molar-refractivity contribution in [2.24, 2.45) is 0 Å². The predicted molar refractivity (Wildman–Crippen MR) is 57.0 cm³/mol. The Balaban J connectivity index is 3.08. The van der Waals surface area contributed by atoms with Crippen molar-refractivity contribution < 1.29 is 14.6 Å². The zero-order valence-corrected chi connectivity index (χ0v) is 8.95. The number of nitrogens with zero attached hydrogens (tertiary/aromatic N) is 1. The van der Waals surface area contributed by atoms with Gasteiger partial charge in [0, 0.05) is 5.56 Å². The average Bonchev–Trinajstić information content (AvgIpc) is 2.22. The van der Waals surface area contributed by atoms with Gasteiger partial charge in [-0.3, -0.25) is 0 Å². The molecule has 1 rings (SSSR count). The zero-order chi connectivity index (χ0) is 12.3. The lowest BCUT2D eigenvalue weighted by Gasteiger charge is -2.18. The smallest absolute Gasteiger partial charge is 0.125 e. The average molecular weight is 245 g/mol. The van der Waals surface area contributed by atoms with Gasteiger partial charge in [0.2, 0.25) is 0 Å². The molecule has 6 heteroatoms. The van der Waals surface area contributed by atoms with E-state index < -0.39 is 18.0 Å². The number of hydrogen-bond donors (Lipinski definition) is 3. The van der Waals surface area contributed by atoms with Crippen molar-refractivity contribution in [3.8, 4) is 6.07 Å². The van der Waals surface area contributed by atoms with Crippen LogP contribution >= 0.6 is 11.6 Å². The van der Waals surface area contributed by atoms with Crippen LogP contribution in [0.3, 0.4) is 0 Å². The number of nitrogens with two attached hydrogens (primary N) is 1. The maximum Gasteiger partial charge on any atom is 0.125 e. The molecule has 4 nitrogen and oxygen atoms in total. The Hall–Kier alpha value is -1.35. The van der Waals surface area contributed by atoms with Crippen LogP contribution in [0.5, 0.6) is 0 Å². The van der Waals surface area contributed by atoms with Gasteiger partial charge in [-0.05, 0) is 12.1 Å². The first-order valence-corrected chi connectivity index (χ1v) is 4.82. The molecule has 1 aromatic rings. The van der Waals surface area contributed by atoms with Gasteiger partial charge < -0.3 is 15.9 Å². The van der Waals surface area contributed by atoms with Gasteiger partial charge in [0.25, 0.3) is 0 Å². The maximum atomic E-state index is 13.0. The minimum absolute atomic E-state index is 0.00689. The highest BCUT2D eigenvalue weighted by atomic mass is 35.5. The number of benzene rings is 1. The number of nitriles is 1. The molecule has 2 atom stereocenters. The lowest BCUT2D eigenvalue weighted by molar-refractivity contribution is 0.0219. The van der Waals surface area contributed by atoms with Crippen LogP contribution in [-0.4, -0.2) is 16.3 Å². The van der Waals surface area contributed by atoms with Crippen molar-refractivity contribution in [3.05, 3.63) is 28.5 Å². The molecule has 0 amide bonds. The van der Waals surface area contributed by atoms with E-state index in [0.29, 0.717) is 0 Å². The molecule has 0 spiro atoms. The van der Waals surface area contributed by atoms with Crippen LogP contribution < -0.4 is 5.73 Å². The minimum Gasteiger partial charge on any atom is -0.397 e. The molecule has 0 aliphatic heterocycles. The number of aliphatic hydroxyl groups is 2. The Morgan fingerprint density at radius 2 is 2.12 bits per heavy atom. The van der Waals surface area contributed by atoms with Gasteiger partial charge in [0.15, 0.2) is 0 Å². The minimum atomic E-state index is -1.44. The fourth-order valence-corrected chi connectivity index (χ4v) is 1.48. The van der Waals surface area contributed by atoms with E-state index in [2.05, 4.69) is 0 Å². The Morgan fingerprint density at radius 1 is 1.50 bits per heavy atom. The van der Waals surface area contributed by atoms with Crippen molar-refractivity contribution in [2.75, 3.05) is 5.73 Å². The van der Waals surface area contributed by atoms with Crippen LogP contribution in [0.1, 0.15) is 18.1 Å². The van der Waals surface area contributed by atoms with Crippen molar-refractivity contribution in [3.63, 3.8) is 0 Å². The first-order valence-electron chi connectivity index (χ1n) is 4.45. The number of rotatable bonds is 3. The molecule has 2 unspecified atom stereocenters. The normalized spacial score (nSPS) is 14.2. The Kier molecular flexibility index (Phi) is 4.07. The van der Waals surface area contributed by atoms with E-state index in [0.717, 1.165) is 12.1 Å². The lowest BCUT2D eigenvalue weighted by atomic mass is 10.0. The largest absolute Gasteiger partial charge is 0.397 e. The molecule has 0 aliphatic rings. The molecule has 16 heavy (non-hydrogen) atoms. The molecule has 0 saturated heterocycles. The van der Waals surface area contributed by atoms with Crippen LogP contribution in [0.2, 0.25) is 5.02 Å². The third-order valence-electron chi connectivity index (χ3n) is 2.11. The lowest BCUT2D eigenvalue weighted by Crippen LogP contribution is -2.19. The summed E-state index contributed by atoms with van der Waals surface area (Å²) in [4.78, 5) is 0. The second kappa shape index (κ2) is 5.12. The summed E-state index contributed by atoms with van der Waals surface area (Å²) in [5, 5.41) is 27.3. The van der Waals surface area contributed by atoms with Gasteiger partial charge in [0.1, 0.15) is 11.9 Å². The fourth-order valence-electron chi connectivity index (χ4n) is 1.26. The molecule has 0 aromatic heterocycles. The number of nitrogen functional groups attached to an aromatic ring is 1. The predicted octanol–water partition coefficient (Wildman–Crippen LogP) is 1.37. The third-order valence-corrected chi connectivity index (χ3v) is 2.42. The first kappa shape index (κ1) is 12.7. The maximum absolute atomic E-state index is 13.0. The summed E-state index contributed by atoms with van der Waals surface area (Å²) >= 11 is 5.62. The molecule has 4 N–H and O–H groups in total. The van der Waals surface area contributed by atoms with E-state index in [1.807, 2.05) is 0 Å². The van der Waals surface area contributed by atoms with Crippen LogP contribution in [0.25, 0.3) is 0 Å². The molecular formula is C10H10ClFN2O2. The molecule has 0 bridgehead atoms. The van der Waals surface area contributed by atoms with Gasteiger partial charge in [-0.25, -0.2) is 4.39 Å². The van der Waals surface area contributed by atoms with Crippen molar-refractivity contribution in [2.45, 2.75) is 18.6 Å². The van der Waals surface area contributed by atoms with Crippen LogP contribution in [0.15, 0.2) is 12.1 Å². The van der Waals surface area contributed by atoms with E-state index in [9.17, 15) is 14.6 Å². The number of anilines is 1. The summed E-state index contributed by atoms with van der Waals surface area (Å²) in [6, 6.07) is 3.67. The van der Waals surface area contributed by atoms with Gasteiger partial charge in [-0.15, -0.1) is 0 Å². The second-order valence-corrected chi connectivity index (χ2v) is 3.67. The molecule has 0 saturated carbocycles. The van der Waals surface area contributed by atoms with Crippen LogP contribution in [-0.2, 0) is 0 Å². The number of hydrogen-bond acceptors (Lipinski definition) is 4. The van der Waals surface area contributed by atoms with Crippen LogP contribution in [0, 0.1) is 17.1 Å². The Labute approximate surface area is 96.7 Å². The molecular weight excluding hydrogens is 235 g/mol. The summed E-state index contributed by atoms with van der Waals surface area (Å²) < 4.78 is 13.0. The third kappa shape index (κ3) is 2.61. The summed E-state index contributed by atoms with van der Waals surface area (Å²) in [6.07, 6.45) is -3.05. The molecule has 86 valence electrons. The molecule has 0 radical (unpaired) electrons. The monoisotopic (exact) mass is 244 g/mol. The fraction of sp³-hybridized carbons (Fsp3) is 0.300. The highest BCUT2D eigenvalue weighted by molar-refractivity contribution is 6.33. The van der Waals surface area contributed by atoms with Crippen LogP contribution in [0.4, 0.5) is 10.1 Å². The molecule has 0 fully saturated rings. The van der Waals surface area contributed by atoms with Gasteiger partial charge >= 0.3 is 0 Å². The van der Waals surface area contributed by atoms with E-state index in [-0.39, 0.29) is 22.7 Å². The number of aliphatic hydroxyl groups excluding tert-OH is 2. The summed E-state index contributed by atoms with van der Waals surface area (Å²) in [5.41, 5.74) is 5.51. The van der Waals surface area contributed by atoms with Crippen molar-refractivity contribution in [1.29, 1.82) is 5.26 Å². The van der Waals surface area contributed by atoms with E-state index in [1.54, 1.807) is 6.07 Å². The highest BCUT2D eigenvalue weighted by Crippen LogP contribution is 2.31. The highest BCUT2D eigenvalue weighted by Gasteiger charge is 2.22. The number of halogens is 2. The van der Waals surface area contributed by atoms with Crippen molar-refractivity contribution >= 4 is 17.3 Å². The second-order valence-electron chi connectivity index (χ2n) is 3.26. The van der Waals surface area contributed by atoms with E-state index in [4.69, 9.17) is 22.6 Å². The summed E-state index contributed by atoms with van der Waals surface area (Å²) in [5.74, 6) is -0.669. The molecule has 0 aliphatic carbocycles. The zero-order valence-electron chi connectivity index (χ0n) is 8.19. The summed E-state index contributed by atoms with van der Waals surface area (Å²) in [6.45, 7) is 0. The quantitative estimate of drug-likeness (QED) is 0.701. The Bertz CT molecular complexity index is 434.